The summed E-state index contributed by atoms with van der Waals surface area (Å²) < 4.78 is 6.62. The molecular formula is C15H15N3O3. The van der Waals surface area contributed by atoms with Crippen molar-refractivity contribution >= 4 is 17.1 Å². The van der Waals surface area contributed by atoms with Gasteiger partial charge in [-0.25, -0.2) is 14.5 Å². The number of nitrogens with zero attached hydrogens (tertiary/aromatic N) is 3. The van der Waals surface area contributed by atoms with Crippen LogP contribution in [0.1, 0.15) is 37.0 Å². The highest BCUT2D eigenvalue weighted by Crippen LogP contribution is 2.25. The highest BCUT2D eigenvalue weighted by Gasteiger charge is 2.23. The van der Waals surface area contributed by atoms with Gasteiger partial charge in [0.05, 0.1) is 11.4 Å². The SMILES string of the molecule is CC(C)(C)c1cc(C(=O)O)n(-c2ccc3ocnc3c2)n1. The molecule has 0 radical (unpaired) electrons. The normalized spacial score (nSPS) is 12.0. The van der Waals surface area contributed by atoms with E-state index in [1.165, 1.54) is 11.1 Å². The molecule has 0 bridgehead atoms. The van der Waals surface area contributed by atoms with Gasteiger partial charge in [0, 0.05) is 5.41 Å². The molecule has 0 aliphatic rings. The van der Waals surface area contributed by atoms with Crippen LogP contribution in [0.4, 0.5) is 0 Å². The molecule has 0 aliphatic heterocycles. The Bertz CT molecular complexity index is 824. The molecule has 3 rings (SSSR count). The zero-order valence-corrected chi connectivity index (χ0v) is 12.0. The average molecular weight is 285 g/mol. The number of carbonyl (C=O) groups is 1. The van der Waals surface area contributed by atoms with Gasteiger partial charge in [-0.3, -0.25) is 0 Å². The van der Waals surface area contributed by atoms with E-state index in [1.807, 2.05) is 20.8 Å². The maximum atomic E-state index is 11.5. The number of hydrogen-bond donors (Lipinski definition) is 1. The van der Waals surface area contributed by atoms with Crippen LogP contribution in [0.3, 0.4) is 0 Å². The maximum Gasteiger partial charge on any atom is 0.354 e. The molecule has 6 heteroatoms. The second-order valence-electron chi connectivity index (χ2n) is 5.89. The summed E-state index contributed by atoms with van der Waals surface area (Å²) in [6.45, 7) is 5.98. The molecule has 0 spiro atoms. The first-order chi connectivity index (χ1) is 9.86. The van der Waals surface area contributed by atoms with Gasteiger partial charge in [-0.2, -0.15) is 5.10 Å². The summed E-state index contributed by atoms with van der Waals surface area (Å²) in [6.07, 6.45) is 1.36. The number of aromatic nitrogens is 3. The zero-order chi connectivity index (χ0) is 15.2. The Labute approximate surface area is 121 Å². The van der Waals surface area contributed by atoms with Gasteiger partial charge in [-0.15, -0.1) is 0 Å². The van der Waals surface area contributed by atoms with Crippen molar-refractivity contribution in [3.05, 3.63) is 42.0 Å². The molecule has 0 saturated carbocycles. The monoisotopic (exact) mass is 285 g/mol. The Morgan fingerprint density at radius 3 is 2.71 bits per heavy atom. The number of benzene rings is 1. The topological polar surface area (TPSA) is 81.1 Å². The first kappa shape index (κ1) is 13.4. The largest absolute Gasteiger partial charge is 0.477 e. The van der Waals surface area contributed by atoms with E-state index in [0.717, 1.165) is 5.69 Å². The quantitative estimate of drug-likeness (QED) is 0.782. The third-order valence-corrected chi connectivity index (χ3v) is 3.26. The molecular weight excluding hydrogens is 270 g/mol. The van der Waals surface area contributed by atoms with Gasteiger partial charge in [0.25, 0.3) is 0 Å². The third-order valence-electron chi connectivity index (χ3n) is 3.26. The highest BCUT2D eigenvalue weighted by atomic mass is 16.4. The Kier molecular flexibility index (Phi) is 2.83. The van der Waals surface area contributed by atoms with Crippen molar-refractivity contribution in [2.45, 2.75) is 26.2 Å². The number of hydrogen-bond acceptors (Lipinski definition) is 4. The lowest BCUT2D eigenvalue weighted by Crippen LogP contribution is -2.12. The highest BCUT2D eigenvalue weighted by molar-refractivity contribution is 5.87. The van der Waals surface area contributed by atoms with Crippen molar-refractivity contribution in [2.24, 2.45) is 0 Å². The van der Waals surface area contributed by atoms with Crippen molar-refractivity contribution in [1.82, 2.24) is 14.8 Å². The van der Waals surface area contributed by atoms with Gasteiger partial charge in [0.15, 0.2) is 17.7 Å². The van der Waals surface area contributed by atoms with Crippen LogP contribution in [-0.4, -0.2) is 25.8 Å². The van der Waals surface area contributed by atoms with E-state index in [4.69, 9.17) is 4.42 Å². The summed E-state index contributed by atoms with van der Waals surface area (Å²) in [4.78, 5) is 15.5. The lowest BCUT2D eigenvalue weighted by molar-refractivity contribution is 0.0687. The molecule has 0 atom stereocenters. The molecule has 3 aromatic rings. The number of carboxylic acid groups (broad SMARTS) is 1. The number of oxazole rings is 1. The first-order valence-corrected chi connectivity index (χ1v) is 6.54. The minimum atomic E-state index is -1.02. The average Bonchev–Trinajstić information content (AvgIpc) is 3.03. The number of aromatic carboxylic acids is 1. The van der Waals surface area contributed by atoms with Gasteiger partial charge < -0.3 is 9.52 Å². The third kappa shape index (κ3) is 2.29. The van der Waals surface area contributed by atoms with Crippen LogP contribution < -0.4 is 0 Å². The number of rotatable bonds is 2. The van der Waals surface area contributed by atoms with E-state index in [9.17, 15) is 9.90 Å². The van der Waals surface area contributed by atoms with Crippen LogP contribution in [-0.2, 0) is 5.41 Å². The fourth-order valence-corrected chi connectivity index (χ4v) is 2.07. The fraction of sp³-hybridized carbons (Fsp3) is 0.267. The van der Waals surface area contributed by atoms with Gasteiger partial charge in [0.2, 0.25) is 0 Å². The van der Waals surface area contributed by atoms with Crippen LogP contribution in [0.2, 0.25) is 0 Å². The molecule has 0 amide bonds. The summed E-state index contributed by atoms with van der Waals surface area (Å²) in [7, 11) is 0. The molecule has 0 aliphatic carbocycles. The van der Waals surface area contributed by atoms with Crippen LogP contribution in [0, 0.1) is 0 Å². The fourth-order valence-electron chi connectivity index (χ4n) is 2.07. The number of carboxylic acids is 1. The summed E-state index contributed by atoms with van der Waals surface area (Å²) in [5.74, 6) is -1.02. The lowest BCUT2D eigenvalue weighted by atomic mass is 9.92. The minimum absolute atomic E-state index is 0.128. The number of fused-ring (bicyclic) bond motifs is 1. The van der Waals surface area contributed by atoms with Crippen LogP contribution in [0.5, 0.6) is 0 Å². The van der Waals surface area contributed by atoms with E-state index in [2.05, 4.69) is 10.1 Å². The summed E-state index contributed by atoms with van der Waals surface area (Å²) in [5, 5.41) is 13.8. The van der Waals surface area contributed by atoms with Gasteiger partial charge in [-0.1, -0.05) is 20.8 Å². The molecule has 0 fully saturated rings. The Morgan fingerprint density at radius 1 is 1.29 bits per heavy atom. The minimum Gasteiger partial charge on any atom is -0.477 e. The second kappa shape index (κ2) is 4.44. The lowest BCUT2D eigenvalue weighted by Gasteiger charge is -2.14. The van der Waals surface area contributed by atoms with E-state index < -0.39 is 5.97 Å². The smallest absolute Gasteiger partial charge is 0.354 e. The summed E-state index contributed by atoms with van der Waals surface area (Å²) in [5.41, 5.74) is 2.58. The first-order valence-electron chi connectivity index (χ1n) is 6.54. The maximum absolute atomic E-state index is 11.5. The molecule has 108 valence electrons. The van der Waals surface area contributed by atoms with Crippen molar-refractivity contribution in [2.75, 3.05) is 0 Å². The standard InChI is InChI=1S/C15H15N3O3/c1-15(2,3)13-7-11(14(19)20)18(17-13)9-4-5-12-10(6-9)16-8-21-12/h4-8H,1-3H3,(H,19,20). The molecule has 2 aromatic heterocycles. The van der Waals surface area contributed by atoms with E-state index >= 15 is 0 Å². The predicted molar refractivity (Wildman–Crippen MR) is 76.8 cm³/mol. The zero-order valence-electron chi connectivity index (χ0n) is 12.0. The van der Waals surface area contributed by atoms with Crippen molar-refractivity contribution < 1.29 is 14.3 Å². The second-order valence-corrected chi connectivity index (χ2v) is 5.89. The van der Waals surface area contributed by atoms with Crippen LogP contribution in [0.25, 0.3) is 16.8 Å². The molecule has 6 nitrogen and oxygen atoms in total. The molecule has 0 saturated heterocycles. The molecule has 0 unspecified atom stereocenters. The predicted octanol–water partition coefficient (Wildman–Crippen LogP) is 3.01. The molecule has 1 N–H and O–H groups in total. The van der Waals surface area contributed by atoms with Crippen LogP contribution in [0.15, 0.2) is 35.1 Å². The van der Waals surface area contributed by atoms with Gasteiger partial charge >= 0.3 is 5.97 Å². The van der Waals surface area contributed by atoms with E-state index in [-0.39, 0.29) is 11.1 Å². The molecule has 21 heavy (non-hydrogen) atoms. The molecule has 1 aromatic carbocycles. The Hall–Kier alpha value is -2.63. The van der Waals surface area contributed by atoms with E-state index in [1.54, 1.807) is 24.3 Å². The summed E-state index contributed by atoms with van der Waals surface area (Å²) >= 11 is 0. The van der Waals surface area contributed by atoms with Crippen molar-refractivity contribution in [3.63, 3.8) is 0 Å². The Balaban J connectivity index is 2.20. The summed E-state index contributed by atoms with van der Waals surface area (Å²) in [6, 6.07) is 6.88. The van der Waals surface area contributed by atoms with Crippen molar-refractivity contribution in [3.8, 4) is 5.69 Å². The Morgan fingerprint density at radius 2 is 2.05 bits per heavy atom. The van der Waals surface area contributed by atoms with Crippen LogP contribution >= 0.6 is 0 Å². The van der Waals surface area contributed by atoms with Gasteiger partial charge in [-0.05, 0) is 24.3 Å². The van der Waals surface area contributed by atoms with Gasteiger partial charge in [0.1, 0.15) is 5.52 Å². The molecule has 2 heterocycles. The van der Waals surface area contributed by atoms with E-state index in [0.29, 0.717) is 16.8 Å². The van der Waals surface area contributed by atoms with Crippen molar-refractivity contribution in [1.29, 1.82) is 0 Å².